The minimum absolute atomic E-state index is 0.161. The Morgan fingerprint density at radius 1 is 1.33 bits per heavy atom. The lowest BCUT2D eigenvalue weighted by molar-refractivity contribution is -0.867. The zero-order valence-corrected chi connectivity index (χ0v) is 13.9. The van der Waals surface area contributed by atoms with Crippen LogP contribution in [0, 0.1) is 0 Å². The number of ether oxygens (including phenoxy) is 1. The molecule has 21 heavy (non-hydrogen) atoms. The molecule has 0 saturated heterocycles. The van der Waals surface area contributed by atoms with Gasteiger partial charge in [0.2, 0.25) is 0 Å². The third-order valence-corrected chi connectivity index (χ3v) is 4.50. The average Bonchev–Trinajstić information content (AvgIpc) is 2.35. The summed E-state index contributed by atoms with van der Waals surface area (Å²) in [6.07, 6.45) is -1.58. The van der Waals surface area contributed by atoms with Crippen LogP contribution in [-0.2, 0) is 14.3 Å². The SMILES string of the molecule is CCC(COC(=O)C(O)CC(=O)[O-])=[P+]([O-])CC[N+](C)(C)C. The Morgan fingerprint density at radius 2 is 1.90 bits per heavy atom. The number of carboxylic acids is 1. The maximum atomic E-state index is 12.1. The lowest BCUT2D eigenvalue weighted by atomic mass is 10.2. The maximum Gasteiger partial charge on any atom is 0.335 e. The molecule has 0 aliphatic carbocycles. The number of aliphatic carboxylic acids is 1. The van der Waals surface area contributed by atoms with Gasteiger partial charge in [-0.3, -0.25) is 0 Å². The summed E-state index contributed by atoms with van der Waals surface area (Å²) in [6.45, 7) is 2.37. The van der Waals surface area contributed by atoms with Gasteiger partial charge in [0, 0.05) is 18.8 Å². The Hall–Kier alpha value is -1.01. The van der Waals surface area contributed by atoms with Crippen LogP contribution in [0.5, 0.6) is 0 Å². The third-order valence-electron chi connectivity index (χ3n) is 2.75. The van der Waals surface area contributed by atoms with E-state index >= 15 is 0 Å². The molecule has 8 heteroatoms. The minimum Gasteiger partial charge on any atom is -0.630 e. The molecule has 0 saturated carbocycles. The zero-order valence-electron chi connectivity index (χ0n) is 13.0. The van der Waals surface area contributed by atoms with Crippen LogP contribution in [-0.4, -0.2) is 73.4 Å². The summed E-state index contributed by atoms with van der Waals surface area (Å²) in [5.74, 6) is -2.58. The molecular formula is C13H24NO6P. The van der Waals surface area contributed by atoms with Gasteiger partial charge >= 0.3 is 5.97 Å². The Labute approximate surface area is 126 Å². The second kappa shape index (κ2) is 9.10. The van der Waals surface area contributed by atoms with Crippen LogP contribution in [0.4, 0.5) is 0 Å². The third kappa shape index (κ3) is 9.52. The highest BCUT2D eigenvalue weighted by atomic mass is 31.1. The molecule has 0 amide bonds. The van der Waals surface area contributed by atoms with Crippen LogP contribution < -0.4 is 10.00 Å². The number of rotatable bonds is 9. The minimum atomic E-state index is -1.75. The fourth-order valence-corrected chi connectivity index (χ4v) is 3.05. The summed E-state index contributed by atoms with van der Waals surface area (Å²) in [6, 6.07) is 0. The molecule has 1 N–H and O–H groups in total. The summed E-state index contributed by atoms with van der Waals surface area (Å²) >= 11 is 0. The van der Waals surface area contributed by atoms with Gasteiger partial charge in [-0.15, -0.1) is 0 Å². The van der Waals surface area contributed by atoms with E-state index in [4.69, 9.17) is 4.74 Å². The van der Waals surface area contributed by atoms with Gasteiger partial charge in [-0.05, 0) is 0 Å². The molecule has 122 valence electrons. The predicted octanol–water partition coefficient (Wildman–Crippen LogP) is -1.92. The molecule has 0 spiro atoms. The Bertz CT molecular complexity index is 402. The highest BCUT2D eigenvalue weighted by Crippen LogP contribution is 2.17. The highest BCUT2D eigenvalue weighted by molar-refractivity contribution is 7.51. The smallest absolute Gasteiger partial charge is 0.335 e. The van der Waals surface area contributed by atoms with Crippen LogP contribution in [0.15, 0.2) is 0 Å². The average molecular weight is 321 g/mol. The van der Waals surface area contributed by atoms with Gasteiger partial charge in [-0.25, -0.2) is 4.79 Å². The Balaban J connectivity index is 4.49. The second-order valence-electron chi connectivity index (χ2n) is 5.74. The van der Waals surface area contributed by atoms with Crippen molar-refractivity contribution in [2.45, 2.75) is 25.9 Å². The Kier molecular flexibility index (Phi) is 8.66. The molecule has 0 aromatic heterocycles. The van der Waals surface area contributed by atoms with Crippen molar-refractivity contribution in [1.29, 1.82) is 0 Å². The number of carboxylic acid groups (broad SMARTS) is 1. The van der Waals surface area contributed by atoms with Gasteiger partial charge < -0.3 is 29.1 Å². The van der Waals surface area contributed by atoms with Crippen LogP contribution in [0.3, 0.4) is 0 Å². The first-order valence-electron chi connectivity index (χ1n) is 6.71. The molecule has 7 nitrogen and oxygen atoms in total. The zero-order chi connectivity index (χ0) is 16.6. The van der Waals surface area contributed by atoms with E-state index in [0.29, 0.717) is 22.4 Å². The number of nitrogens with zero attached hydrogens (tertiary/aromatic N) is 1. The topological polar surface area (TPSA) is 110 Å². The van der Waals surface area contributed by atoms with Crippen LogP contribution in [0.1, 0.15) is 19.8 Å². The largest absolute Gasteiger partial charge is 0.630 e. The monoisotopic (exact) mass is 321 g/mol. The number of carbonyl (C=O) groups excluding carboxylic acids is 2. The Morgan fingerprint density at radius 3 is 2.33 bits per heavy atom. The number of hydrogen-bond acceptors (Lipinski definition) is 6. The summed E-state index contributed by atoms with van der Waals surface area (Å²) in [7, 11) is 4.36. The molecule has 0 radical (unpaired) electrons. The van der Waals surface area contributed by atoms with Gasteiger partial charge in [0.25, 0.3) is 0 Å². The van der Waals surface area contributed by atoms with Crippen molar-refractivity contribution in [3.8, 4) is 0 Å². The number of aliphatic hydroxyl groups excluding tert-OH is 1. The summed E-state index contributed by atoms with van der Waals surface area (Å²) in [4.78, 5) is 33.8. The van der Waals surface area contributed by atoms with Gasteiger partial charge in [0.1, 0.15) is 11.8 Å². The quantitative estimate of drug-likeness (QED) is 0.301. The fourth-order valence-electron chi connectivity index (χ4n) is 1.39. The van der Waals surface area contributed by atoms with Crippen LogP contribution in [0.2, 0.25) is 0 Å². The number of esters is 1. The van der Waals surface area contributed by atoms with Crippen molar-refractivity contribution < 1.29 is 33.9 Å². The molecule has 0 aromatic rings. The normalized spacial score (nSPS) is 14.4. The van der Waals surface area contributed by atoms with E-state index < -0.39 is 32.2 Å². The van der Waals surface area contributed by atoms with E-state index in [-0.39, 0.29) is 6.61 Å². The van der Waals surface area contributed by atoms with Crippen LogP contribution >= 0.6 is 7.77 Å². The number of quaternary nitrogens is 1. The summed E-state index contributed by atoms with van der Waals surface area (Å²) in [5, 5.41) is 20.1. The van der Waals surface area contributed by atoms with E-state index in [1.54, 1.807) is 6.92 Å². The maximum absolute atomic E-state index is 12.1. The molecule has 0 aliphatic rings. The van der Waals surface area contributed by atoms with Crippen molar-refractivity contribution in [2.24, 2.45) is 0 Å². The van der Waals surface area contributed by atoms with E-state index in [9.17, 15) is 24.7 Å². The molecule has 0 aliphatic heterocycles. The highest BCUT2D eigenvalue weighted by Gasteiger charge is 2.20. The standard InChI is InChI=1S/C13H24NO6P/c1-5-10(21(19)7-6-14(2,3)4)9-20-13(18)11(15)8-12(16)17/h11,15H,5-9H2,1-4H3. The molecular weight excluding hydrogens is 297 g/mol. The van der Waals surface area contributed by atoms with Gasteiger partial charge in [0.05, 0.1) is 28.9 Å². The van der Waals surface area contributed by atoms with E-state index in [0.717, 1.165) is 6.54 Å². The summed E-state index contributed by atoms with van der Waals surface area (Å²) < 4.78 is 5.49. The number of carbonyl (C=O) groups is 2. The molecule has 2 unspecified atom stereocenters. The van der Waals surface area contributed by atoms with Crippen molar-refractivity contribution in [1.82, 2.24) is 0 Å². The van der Waals surface area contributed by atoms with Crippen molar-refractivity contribution in [3.63, 3.8) is 0 Å². The molecule has 2 atom stereocenters. The molecule has 0 rings (SSSR count). The molecule has 0 fully saturated rings. The summed E-state index contributed by atoms with van der Waals surface area (Å²) in [5.41, 5.74) is 0. The van der Waals surface area contributed by atoms with Gasteiger partial charge in [0.15, 0.2) is 18.9 Å². The number of aliphatic hydroxyl groups is 1. The van der Waals surface area contributed by atoms with E-state index in [1.807, 2.05) is 21.1 Å². The van der Waals surface area contributed by atoms with Crippen molar-refractivity contribution in [2.75, 3.05) is 40.5 Å². The molecule has 0 bridgehead atoms. The van der Waals surface area contributed by atoms with E-state index in [2.05, 4.69) is 0 Å². The lowest BCUT2D eigenvalue weighted by Gasteiger charge is -2.22. The molecule has 0 aromatic carbocycles. The second-order valence-corrected chi connectivity index (χ2v) is 7.57. The molecule has 0 heterocycles. The first kappa shape index (κ1) is 20.0. The first-order valence-corrected chi connectivity index (χ1v) is 8.15. The predicted molar refractivity (Wildman–Crippen MR) is 76.6 cm³/mol. The lowest BCUT2D eigenvalue weighted by Crippen LogP contribution is -2.37. The van der Waals surface area contributed by atoms with Crippen molar-refractivity contribution in [3.05, 3.63) is 0 Å². The van der Waals surface area contributed by atoms with Crippen LogP contribution in [0.25, 0.3) is 0 Å². The van der Waals surface area contributed by atoms with E-state index in [1.165, 1.54) is 0 Å². The van der Waals surface area contributed by atoms with Crippen molar-refractivity contribution >= 4 is 25.0 Å². The number of hydrogen-bond donors (Lipinski definition) is 1. The fraction of sp³-hybridized carbons (Fsp3) is 0.769. The van der Waals surface area contributed by atoms with Gasteiger partial charge in [-0.1, -0.05) is 6.92 Å². The van der Waals surface area contributed by atoms with Gasteiger partial charge in [-0.2, -0.15) is 0 Å². The first-order chi connectivity index (χ1) is 9.56.